The van der Waals surface area contributed by atoms with Crippen LogP contribution in [0.3, 0.4) is 0 Å². The van der Waals surface area contributed by atoms with Gasteiger partial charge in [-0.05, 0) is 0 Å². The Balaban J connectivity index is -0.0000000533. The largest absolute Gasteiger partial charge is 1.00 e. The van der Waals surface area contributed by atoms with E-state index in [0.717, 1.165) is 0 Å². The van der Waals surface area contributed by atoms with E-state index in [0.29, 0.717) is 0 Å². The summed E-state index contributed by atoms with van der Waals surface area (Å²) in [5, 5.41) is 0. The molecule has 21 heavy (non-hydrogen) atoms. The standard InChI is InChI=1S/3BF4.F2HO2P.Li/c3*2-1(3,4)5;1-5(2,3)4;/h;;;(H,3,4);/q3*-1;;+1. The van der Waals surface area contributed by atoms with Gasteiger partial charge in [-0.15, -0.1) is 8.39 Å². The molecule has 0 heterocycles. The summed E-state index contributed by atoms with van der Waals surface area (Å²) in [4.78, 5) is 6.74. The van der Waals surface area contributed by atoms with Crippen LogP contribution in [0.5, 0.6) is 0 Å². The van der Waals surface area contributed by atoms with Crippen molar-refractivity contribution < 1.29 is 88.5 Å². The van der Waals surface area contributed by atoms with Crippen molar-refractivity contribution in [2.24, 2.45) is 0 Å². The second-order valence-corrected chi connectivity index (χ2v) is 2.79. The minimum Gasteiger partial charge on any atom is -0.418 e. The molecule has 0 aromatic rings. The van der Waals surface area contributed by atoms with Crippen LogP contribution in [0.4, 0.5) is 60.2 Å². The zero-order valence-corrected chi connectivity index (χ0v) is 10.2. The van der Waals surface area contributed by atoms with Gasteiger partial charge >= 0.3 is 48.6 Å². The molecule has 0 radical (unpaired) electrons. The van der Waals surface area contributed by atoms with Crippen molar-refractivity contribution in [2.45, 2.75) is 0 Å². The van der Waals surface area contributed by atoms with E-state index in [-0.39, 0.29) is 18.9 Å². The third kappa shape index (κ3) is 1330000000. The summed E-state index contributed by atoms with van der Waals surface area (Å²) in [6.07, 6.45) is 0. The molecule has 0 aliphatic carbocycles. The van der Waals surface area contributed by atoms with Crippen LogP contribution in [0.1, 0.15) is 0 Å². The summed E-state index contributed by atoms with van der Waals surface area (Å²) in [7, 11) is -23.6. The summed E-state index contributed by atoms with van der Waals surface area (Å²) in [6, 6.07) is 0. The smallest absolute Gasteiger partial charge is 0.418 e. The fraction of sp³-hybridized carbons (Fsp3) is 0. The van der Waals surface area contributed by atoms with Gasteiger partial charge in [0.1, 0.15) is 0 Å². The van der Waals surface area contributed by atoms with Gasteiger partial charge in [-0.3, -0.25) is 4.89 Å². The molecule has 0 saturated heterocycles. The zero-order valence-electron chi connectivity index (χ0n) is 9.33. The molecular formula is HB3F14LiO2P-2. The Morgan fingerprint density at radius 3 is 0.571 bits per heavy atom. The van der Waals surface area contributed by atoms with Gasteiger partial charge in [0, 0.05) is 0 Å². The maximum Gasteiger partial charge on any atom is 1.00 e. The monoisotopic (exact) mass is 370 g/mol. The van der Waals surface area contributed by atoms with Gasteiger partial charge in [0.15, 0.2) is 0 Å². The van der Waals surface area contributed by atoms with E-state index < -0.39 is 29.8 Å². The van der Waals surface area contributed by atoms with E-state index in [1.54, 1.807) is 0 Å². The molecule has 0 aromatic carbocycles. The van der Waals surface area contributed by atoms with E-state index in [9.17, 15) is 60.2 Å². The molecule has 128 valence electrons. The Kier molecular flexibility index (Phi) is 19.6. The first-order valence-corrected chi connectivity index (χ1v) is 4.78. The Morgan fingerprint density at radius 2 is 0.571 bits per heavy atom. The molecule has 0 rings (SSSR count). The fourth-order valence-electron chi connectivity index (χ4n) is 0. The van der Waals surface area contributed by atoms with Crippen molar-refractivity contribution in [3.63, 3.8) is 0 Å². The molecule has 0 unspecified atom stereocenters. The predicted octanol–water partition coefficient (Wildman–Crippen LogP) is 1.93. The molecule has 1 N–H and O–H groups in total. The van der Waals surface area contributed by atoms with Gasteiger partial charge in [0.2, 0.25) is 0 Å². The van der Waals surface area contributed by atoms with Gasteiger partial charge in [-0.25, -0.2) is 4.57 Å². The Labute approximate surface area is 119 Å². The number of rotatable bonds is 0. The first-order valence-electron chi connectivity index (χ1n) is 3.34. The van der Waals surface area contributed by atoms with Gasteiger partial charge in [0.25, 0.3) is 0 Å². The fourth-order valence-corrected chi connectivity index (χ4v) is 0. The topological polar surface area (TPSA) is 37.3 Å². The third-order valence-corrected chi connectivity index (χ3v) is 0. The maximum atomic E-state index is 10.1. The molecule has 0 amide bonds. The van der Waals surface area contributed by atoms with Crippen LogP contribution in [0.25, 0.3) is 0 Å². The first-order chi connectivity index (χ1) is 8.00. The van der Waals surface area contributed by atoms with Gasteiger partial charge in [-0.2, -0.15) is 0 Å². The maximum absolute atomic E-state index is 10.1. The summed E-state index contributed by atoms with van der Waals surface area (Å²) < 4.78 is 146. The molecule has 0 spiro atoms. The Bertz CT molecular complexity index is 206. The second-order valence-electron chi connectivity index (χ2n) is 1.92. The SMILES string of the molecule is F[B-](F)(F)F.F[B-](F)(F)F.F[B-](F)(F)F.O=P(O)(F)F.[Li+]. The molecule has 21 heteroatoms. The zero-order chi connectivity index (χ0) is 18.0. The predicted molar refractivity (Wildman–Crippen MR) is 42.6 cm³/mol. The van der Waals surface area contributed by atoms with E-state index >= 15 is 0 Å². The molecule has 0 atom stereocenters. The van der Waals surface area contributed by atoms with Gasteiger partial charge < -0.3 is 51.8 Å². The van der Waals surface area contributed by atoms with E-state index in [4.69, 9.17) is 9.46 Å². The normalized spacial score (nSPS) is 11.4. The van der Waals surface area contributed by atoms with Crippen molar-refractivity contribution >= 4 is 29.8 Å². The summed E-state index contributed by atoms with van der Waals surface area (Å²) in [5.41, 5.74) is 0. The number of hydrogen-bond donors (Lipinski definition) is 1. The Morgan fingerprint density at radius 1 is 0.571 bits per heavy atom. The summed E-state index contributed by atoms with van der Waals surface area (Å²) in [6.45, 7) is 0. The van der Waals surface area contributed by atoms with Crippen LogP contribution in [0, 0.1) is 0 Å². The van der Waals surface area contributed by atoms with Crippen LogP contribution < -0.4 is 18.9 Å². The summed E-state index contributed by atoms with van der Waals surface area (Å²) in [5.74, 6) is 0. The van der Waals surface area contributed by atoms with Crippen LogP contribution >= 0.6 is 7.99 Å². The van der Waals surface area contributed by atoms with Crippen LogP contribution in [0.2, 0.25) is 0 Å². The number of hydrogen-bond acceptors (Lipinski definition) is 1. The summed E-state index contributed by atoms with van der Waals surface area (Å²) >= 11 is 0. The van der Waals surface area contributed by atoms with Crippen molar-refractivity contribution in [2.75, 3.05) is 0 Å². The molecule has 0 fully saturated rings. The molecule has 0 aliphatic heterocycles. The van der Waals surface area contributed by atoms with Crippen molar-refractivity contribution in [3.05, 3.63) is 0 Å². The van der Waals surface area contributed by atoms with Crippen LogP contribution in [-0.4, -0.2) is 26.7 Å². The quantitative estimate of drug-likeness (QED) is 0.403. The second kappa shape index (κ2) is 12.5. The minimum absolute atomic E-state index is 0. The Hall–Kier alpha value is 0.00221. The first kappa shape index (κ1) is 32.8. The molecular weight excluding hydrogens is 368 g/mol. The van der Waals surface area contributed by atoms with E-state index in [2.05, 4.69) is 0 Å². The molecule has 0 bridgehead atoms. The van der Waals surface area contributed by atoms with E-state index in [1.165, 1.54) is 0 Å². The number of halogens is 14. The average Bonchev–Trinajstić information content (AvgIpc) is 1.62. The van der Waals surface area contributed by atoms with Crippen molar-refractivity contribution in [3.8, 4) is 0 Å². The molecule has 0 aliphatic rings. The van der Waals surface area contributed by atoms with Crippen LogP contribution in [-0.2, 0) is 4.57 Å². The molecule has 0 saturated carbocycles. The van der Waals surface area contributed by atoms with E-state index in [1.807, 2.05) is 0 Å². The minimum atomic E-state index is -6.00. The van der Waals surface area contributed by atoms with Gasteiger partial charge in [0.05, 0.1) is 0 Å². The molecule has 2 nitrogen and oxygen atoms in total. The van der Waals surface area contributed by atoms with Crippen molar-refractivity contribution in [1.29, 1.82) is 0 Å². The third-order valence-electron chi connectivity index (χ3n) is 0. The van der Waals surface area contributed by atoms with Gasteiger partial charge in [-0.1, -0.05) is 0 Å². The average molecular weight is 369 g/mol. The molecule has 0 aromatic heterocycles. The van der Waals surface area contributed by atoms with Crippen molar-refractivity contribution in [1.82, 2.24) is 0 Å². The van der Waals surface area contributed by atoms with Crippen LogP contribution in [0.15, 0.2) is 0 Å².